The predicted molar refractivity (Wildman–Crippen MR) is 82.9 cm³/mol. The number of hydrogen-bond donors (Lipinski definition) is 1. The fraction of sp³-hybridized carbons (Fsp3) is 0.714. The monoisotopic (exact) mass is 329 g/mol. The second-order valence-electron chi connectivity index (χ2n) is 5.65. The third-order valence-electron chi connectivity index (χ3n) is 3.85. The summed E-state index contributed by atoms with van der Waals surface area (Å²) in [5.74, 6) is 0.916. The summed E-state index contributed by atoms with van der Waals surface area (Å²) in [7, 11) is -3.18. The summed E-state index contributed by atoms with van der Waals surface area (Å²) in [6.07, 6.45) is 2.60. The van der Waals surface area contributed by atoms with Gasteiger partial charge in [0.15, 0.2) is 5.82 Å². The number of nitrogens with one attached hydrogen (secondary N) is 1. The molecule has 0 radical (unpaired) electrons. The molecular formula is C14H23N3O4S. The SMILES string of the molecule is CCCCS(=O)(=O)N1CCC(C(=O)Nc2cc(C)on2)CC1. The van der Waals surface area contributed by atoms with Crippen molar-refractivity contribution in [3.8, 4) is 0 Å². The molecule has 2 rings (SSSR count). The molecule has 0 bridgehead atoms. The number of aryl methyl sites for hydroxylation is 1. The molecule has 1 amide bonds. The van der Waals surface area contributed by atoms with Gasteiger partial charge in [0, 0.05) is 25.1 Å². The van der Waals surface area contributed by atoms with Crippen LogP contribution in [0.2, 0.25) is 0 Å². The molecule has 1 aromatic rings. The normalized spacial score (nSPS) is 17.5. The number of anilines is 1. The van der Waals surface area contributed by atoms with Gasteiger partial charge in [-0.1, -0.05) is 18.5 Å². The van der Waals surface area contributed by atoms with Gasteiger partial charge in [0.05, 0.1) is 5.75 Å². The molecule has 1 aromatic heterocycles. The molecule has 1 N–H and O–H groups in total. The maximum atomic E-state index is 12.1. The van der Waals surface area contributed by atoms with Crippen LogP contribution in [0.1, 0.15) is 38.4 Å². The van der Waals surface area contributed by atoms with Crippen LogP contribution in [0, 0.1) is 12.8 Å². The molecule has 1 aliphatic heterocycles. The van der Waals surface area contributed by atoms with Gasteiger partial charge >= 0.3 is 0 Å². The second kappa shape index (κ2) is 7.23. The summed E-state index contributed by atoms with van der Waals surface area (Å²) >= 11 is 0. The molecule has 1 saturated heterocycles. The molecule has 22 heavy (non-hydrogen) atoms. The summed E-state index contributed by atoms with van der Waals surface area (Å²) in [6.45, 7) is 4.53. The largest absolute Gasteiger partial charge is 0.360 e. The first-order valence-corrected chi connectivity index (χ1v) is 9.25. The van der Waals surface area contributed by atoms with E-state index in [9.17, 15) is 13.2 Å². The van der Waals surface area contributed by atoms with Crippen molar-refractivity contribution in [2.45, 2.75) is 39.5 Å². The number of aromatic nitrogens is 1. The van der Waals surface area contributed by atoms with Gasteiger partial charge in [0.25, 0.3) is 0 Å². The summed E-state index contributed by atoms with van der Waals surface area (Å²) in [5.41, 5.74) is 0. The Hall–Kier alpha value is -1.41. The summed E-state index contributed by atoms with van der Waals surface area (Å²) < 4.78 is 30.6. The molecule has 0 spiro atoms. The summed E-state index contributed by atoms with van der Waals surface area (Å²) in [5, 5.41) is 6.43. The standard InChI is InChI=1S/C14H23N3O4S/c1-3-4-9-22(19,20)17-7-5-12(6-8-17)14(18)15-13-10-11(2)21-16-13/h10,12H,3-9H2,1-2H3,(H,15,16,18). The van der Waals surface area contributed by atoms with E-state index in [1.807, 2.05) is 6.92 Å². The van der Waals surface area contributed by atoms with E-state index in [-0.39, 0.29) is 17.6 Å². The number of sulfonamides is 1. The molecule has 1 fully saturated rings. The molecule has 2 heterocycles. The van der Waals surface area contributed by atoms with E-state index in [2.05, 4.69) is 10.5 Å². The lowest BCUT2D eigenvalue weighted by Crippen LogP contribution is -2.42. The average Bonchev–Trinajstić information content (AvgIpc) is 2.90. The number of amides is 1. The van der Waals surface area contributed by atoms with Gasteiger partial charge in [-0.2, -0.15) is 0 Å². The molecule has 1 aliphatic rings. The molecule has 0 atom stereocenters. The van der Waals surface area contributed by atoms with Crippen LogP contribution >= 0.6 is 0 Å². The molecule has 7 nitrogen and oxygen atoms in total. The Morgan fingerprint density at radius 1 is 1.45 bits per heavy atom. The second-order valence-corrected chi connectivity index (χ2v) is 7.74. The minimum atomic E-state index is -3.18. The van der Waals surface area contributed by atoms with Crippen LogP contribution in [0.25, 0.3) is 0 Å². The molecular weight excluding hydrogens is 306 g/mol. The van der Waals surface area contributed by atoms with E-state index in [1.54, 1.807) is 13.0 Å². The van der Waals surface area contributed by atoms with Crippen LogP contribution in [0.3, 0.4) is 0 Å². The Morgan fingerprint density at radius 2 is 2.14 bits per heavy atom. The Kier molecular flexibility index (Phi) is 5.57. The predicted octanol–water partition coefficient (Wildman–Crippen LogP) is 1.76. The smallest absolute Gasteiger partial charge is 0.228 e. The van der Waals surface area contributed by atoms with Crippen molar-refractivity contribution in [1.29, 1.82) is 0 Å². The number of carbonyl (C=O) groups is 1. The lowest BCUT2D eigenvalue weighted by atomic mass is 9.97. The van der Waals surface area contributed by atoms with E-state index in [0.717, 1.165) is 6.42 Å². The van der Waals surface area contributed by atoms with Crippen LogP contribution in [-0.4, -0.2) is 42.6 Å². The zero-order valence-electron chi connectivity index (χ0n) is 13.0. The average molecular weight is 329 g/mol. The van der Waals surface area contributed by atoms with Gasteiger partial charge in [-0.15, -0.1) is 0 Å². The molecule has 8 heteroatoms. The van der Waals surface area contributed by atoms with Gasteiger partial charge in [-0.3, -0.25) is 4.79 Å². The van der Waals surface area contributed by atoms with Gasteiger partial charge < -0.3 is 9.84 Å². The lowest BCUT2D eigenvalue weighted by molar-refractivity contribution is -0.120. The van der Waals surface area contributed by atoms with Gasteiger partial charge in [0.1, 0.15) is 5.76 Å². The number of rotatable bonds is 6. The van der Waals surface area contributed by atoms with Crippen molar-refractivity contribution >= 4 is 21.7 Å². The fourth-order valence-corrected chi connectivity index (χ4v) is 4.18. The van der Waals surface area contributed by atoms with Crippen LogP contribution in [0.4, 0.5) is 5.82 Å². The van der Waals surface area contributed by atoms with Crippen molar-refractivity contribution in [2.75, 3.05) is 24.2 Å². The maximum absolute atomic E-state index is 12.1. The van der Waals surface area contributed by atoms with E-state index in [0.29, 0.717) is 43.9 Å². The minimum Gasteiger partial charge on any atom is -0.360 e. The zero-order chi connectivity index (χ0) is 16.2. The molecule has 0 aliphatic carbocycles. The molecule has 124 valence electrons. The first kappa shape index (κ1) is 17.0. The minimum absolute atomic E-state index is 0.126. The summed E-state index contributed by atoms with van der Waals surface area (Å²) in [4.78, 5) is 12.1. The van der Waals surface area contributed by atoms with Gasteiger partial charge in [-0.05, 0) is 26.2 Å². The van der Waals surface area contributed by atoms with Crippen LogP contribution in [0.15, 0.2) is 10.6 Å². The third-order valence-corrected chi connectivity index (χ3v) is 5.81. The third kappa shape index (κ3) is 4.30. The fourth-order valence-electron chi connectivity index (χ4n) is 2.51. The van der Waals surface area contributed by atoms with E-state index >= 15 is 0 Å². The topological polar surface area (TPSA) is 92.5 Å². The highest BCUT2D eigenvalue weighted by molar-refractivity contribution is 7.89. The van der Waals surface area contributed by atoms with Crippen molar-refractivity contribution in [1.82, 2.24) is 9.46 Å². The van der Waals surface area contributed by atoms with Crippen molar-refractivity contribution in [2.24, 2.45) is 5.92 Å². The molecule has 0 aromatic carbocycles. The maximum Gasteiger partial charge on any atom is 0.228 e. The number of unbranched alkanes of at least 4 members (excludes halogenated alkanes) is 1. The van der Waals surface area contributed by atoms with E-state index in [4.69, 9.17) is 4.52 Å². The van der Waals surface area contributed by atoms with E-state index < -0.39 is 10.0 Å². The number of piperidine rings is 1. The van der Waals surface area contributed by atoms with Crippen molar-refractivity contribution in [3.05, 3.63) is 11.8 Å². The highest BCUT2D eigenvalue weighted by atomic mass is 32.2. The lowest BCUT2D eigenvalue weighted by Gasteiger charge is -2.30. The number of carbonyl (C=O) groups excluding carboxylic acids is 1. The Bertz CT molecular complexity index is 603. The van der Waals surface area contributed by atoms with Crippen LogP contribution in [-0.2, 0) is 14.8 Å². The van der Waals surface area contributed by atoms with Crippen LogP contribution < -0.4 is 5.32 Å². The van der Waals surface area contributed by atoms with Crippen molar-refractivity contribution < 1.29 is 17.7 Å². The Balaban J connectivity index is 1.85. The zero-order valence-corrected chi connectivity index (χ0v) is 13.9. The highest BCUT2D eigenvalue weighted by Gasteiger charge is 2.30. The van der Waals surface area contributed by atoms with Gasteiger partial charge in [-0.25, -0.2) is 12.7 Å². The molecule has 0 saturated carbocycles. The quantitative estimate of drug-likeness (QED) is 0.858. The highest BCUT2D eigenvalue weighted by Crippen LogP contribution is 2.22. The number of hydrogen-bond acceptors (Lipinski definition) is 5. The number of nitrogens with zero attached hydrogens (tertiary/aromatic N) is 2. The Labute approximate surface area is 131 Å². The Morgan fingerprint density at radius 3 is 2.68 bits per heavy atom. The summed E-state index contributed by atoms with van der Waals surface area (Å²) in [6, 6.07) is 1.65. The van der Waals surface area contributed by atoms with Crippen LogP contribution in [0.5, 0.6) is 0 Å². The van der Waals surface area contributed by atoms with E-state index in [1.165, 1.54) is 4.31 Å². The molecule has 0 unspecified atom stereocenters. The van der Waals surface area contributed by atoms with Crippen molar-refractivity contribution in [3.63, 3.8) is 0 Å². The first-order valence-electron chi connectivity index (χ1n) is 7.64. The van der Waals surface area contributed by atoms with Gasteiger partial charge in [0.2, 0.25) is 15.9 Å². The first-order chi connectivity index (χ1) is 10.4.